The number of fused-ring (bicyclic) bond motifs is 1. The quantitative estimate of drug-likeness (QED) is 0.0873. The highest BCUT2D eigenvalue weighted by Crippen LogP contribution is 2.40. The van der Waals surface area contributed by atoms with E-state index in [4.69, 9.17) is 29.1 Å². The Labute approximate surface area is 292 Å². The molecule has 0 radical (unpaired) electrons. The van der Waals surface area contributed by atoms with Gasteiger partial charge in [-0.05, 0) is 156 Å². The van der Waals surface area contributed by atoms with Gasteiger partial charge in [-0.15, -0.1) is 0 Å². The second kappa shape index (κ2) is 21.1. The first-order valence-corrected chi connectivity index (χ1v) is 20.1. The average Bonchev–Trinajstić information content (AvgIpc) is 3.73. The summed E-state index contributed by atoms with van der Waals surface area (Å²) in [5.74, 6) is 2.55. The van der Waals surface area contributed by atoms with Crippen molar-refractivity contribution in [1.82, 2.24) is 5.32 Å². The second-order valence-corrected chi connectivity index (χ2v) is 15.0. The molecule has 1 aromatic rings. The smallest absolute Gasteiger partial charge is 0.0845 e. The molecule has 48 heavy (non-hydrogen) atoms. The number of unbranched alkanes of at least 4 members (excludes halogenated alkanes) is 2. The van der Waals surface area contributed by atoms with Crippen LogP contribution in [0.1, 0.15) is 145 Å². The van der Waals surface area contributed by atoms with Crippen molar-refractivity contribution in [2.45, 2.75) is 153 Å². The summed E-state index contributed by atoms with van der Waals surface area (Å²) in [6.07, 6.45) is 22.1. The van der Waals surface area contributed by atoms with E-state index in [9.17, 15) is 0 Å². The largest absolute Gasteiger partial charge is 0.381 e. The van der Waals surface area contributed by atoms with Gasteiger partial charge in [-0.2, -0.15) is 0 Å². The van der Waals surface area contributed by atoms with Crippen molar-refractivity contribution in [3.63, 3.8) is 0 Å². The Morgan fingerprint density at radius 2 is 1.33 bits per heavy atom. The molecule has 272 valence electrons. The van der Waals surface area contributed by atoms with Crippen LogP contribution in [0, 0.1) is 17.2 Å². The van der Waals surface area contributed by atoms with Crippen LogP contribution in [0.3, 0.4) is 0 Å². The number of ether oxygens (including phenoxy) is 5. The van der Waals surface area contributed by atoms with Gasteiger partial charge in [0.15, 0.2) is 0 Å². The Bertz CT molecular complexity index is 1030. The van der Waals surface area contributed by atoms with Crippen molar-refractivity contribution in [2.75, 3.05) is 52.7 Å². The molecular weight excluding hydrogens is 600 g/mol. The summed E-state index contributed by atoms with van der Waals surface area (Å²) < 4.78 is 30.0. The third-order valence-electron chi connectivity index (χ3n) is 11.6. The minimum Gasteiger partial charge on any atom is -0.381 e. The van der Waals surface area contributed by atoms with Crippen molar-refractivity contribution < 1.29 is 23.7 Å². The molecule has 7 heteroatoms. The third-order valence-corrected chi connectivity index (χ3v) is 11.6. The number of hydrogen-bond acceptors (Lipinski definition) is 7. The van der Waals surface area contributed by atoms with E-state index in [2.05, 4.69) is 23.5 Å². The first-order chi connectivity index (χ1) is 23.7. The van der Waals surface area contributed by atoms with Crippen molar-refractivity contribution in [3.05, 3.63) is 34.9 Å². The predicted octanol–water partition coefficient (Wildman–Crippen LogP) is 8.57. The number of benzene rings is 1. The van der Waals surface area contributed by atoms with Gasteiger partial charge in [-0.3, -0.25) is 0 Å². The van der Waals surface area contributed by atoms with E-state index in [0.29, 0.717) is 48.1 Å². The number of nitrogens with one attached hydrogen (secondary N) is 2. The lowest BCUT2D eigenvalue weighted by Gasteiger charge is -2.31. The van der Waals surface area contributed by atoms with E-state index >= 15 is 0 Å². The Morgan fingerprint density at radius 1 is 0.708 bits per heavy atom. The van der Waals surface area contributed by atoms with Crippen LogP contribution in [0.15, 0.2) is 18.2 Å². The number of rotatable bonds is 19. The zero-order valence-corrected chi connectivity index (χ0v) is 30.4. The Hall–Kier alpha value is -1.35. The molecule has 4 unspecified atom stereocenters. The third kappa shape index (κ3) is 12.2. The fraction of sp³-hybridized carbons (Fsp3) is 0.829. The molecule has 1 aromatic carbocycles. The summed E-state index contributed by atoms with van der Waals surface area (Å²) in [5, 5.41) is 11.6. The van der Waals surface area contributed by atoms with Crippen molar-refractivity contribution in [2.24, 2.45) is 11.8 Å². The van der Waals surface area contributed by atoms with Gasteiger partial charge < -0.3 is 34.4 Å². The molecule has 5 fully saturated rings. The maximum atomic E-state index is 8.20. The fourth-order valence-electron chi connectivity index (χ4n) is 8.55. The minimum atomic E-state index is 0.388. The summed E-state index contributed by atoms with van der Waals surface area (Å²) >= 11 is 0. The molecule has 4 atom stereocenters. The van der Waals surface area contributed by atoms with Crippen LogP contribution < -0.4 is 5.32 Å². The van der Waals surface area contributed by atoms with E-state index in [1.54, 1.807) is 6.21 Å². The molecule has 6 rings (SSSR count). The highest BCUT2D eigenvalue weighted by molar-refractivity contribution is 5.80. The van der Waals surface area contributed by atoms with Gasteiger partial charge in [0, 0.05) is 45.8 Å². The van der Waals surface area contributed by atoms with E-state index in [1.165, 1.54) is 49.7 Å². The Balaban J connectivity index is 0.00000221. The van der Waals surface area contributed by atoms with E-state index in [-0.39, 0.29) is 0 Å². The highest BCUT2D eigenvalue weighted by atomic mass is 16.6. The molecule has 3 aliphatic carbocycles. The van der Waals surface area contributed by atoms with Gasteiger partial charge in [-0.1, -0.05) is 26.0 Å². The van der Waals surface area contributed by atoms with Gasteiger partial charge in [0.1, 0.15) is 0 Å². The van der Waals surface area contributed by atoms with Gasteiger partial charge in [-0.25, -0.2) is 0 Å². The zero-order chi connectivity index (χ0) is 33.4. The Kier molecular flexibility index (Phi) is 16.7. The van der Waals surface area contributed by atoms with Crippen LogP contribution in [-0.4, -0.2) is 83.4 Å². The monoisotopic (exact) mass is 669 g/mol. The number of hydrogen-bond donors (Lipinski definition) is 2. The maximum Gasteiger partial charge on any atom is 0.0845 e. The van der Waals surface area contributed by atoms with Crippen molar-refractivity contribution in [3.8, 4) is 0 Å². The lowest BCUT2D eigenvalue weighted by Crippen LogP contribution is -2.23. The molecule has 5 aliphatic rings. The molecule has 0 spiro atoms. The fourth-order valence-corrected chi connectivity index (χ4v) is 8.55. The summed E-state index contributed by atoms with van der Waals surface area (Å²) in [6.45, 7) is 11.5. The summed E-state index contributed by atoms with van der Waals surface area (Å²) in [7, 11) is 0. The van der Waals surface area contributed by atoms with Gasteiger partial charge >= 0.3 is 0 Å². The highest BCUT2D eigenvalue weighted by Gasteiger charge is 2.43. The normalized spacial score (nSPS) is 31.5. The molecule has 2 heterocycles. The maximum absolute atomic E-state index is 8.20. The van der Waals surface area contributed by atoms with Crippen molar-refractivity contribution in [1.29, 1.82) is 5.41 Å². The molecule has 3 saturated carbocycles. The van der Waals surface area contributed by atoms with Gasteiger partial charge in [0.05, 0.1) is 31.0 Å². The van der Waals surface area contributed by atoms with E-state index in [0.717, 1.165) is 123 Å². The molecule has 2 saturated heterocycles. The summed E-state index contributed by atoms with van der Waals surface area (Å²) in [4.78, 5) is 0. The molecule has 0 aromatic heterocycles. The molecule has 7 nitrogen and oxygen atoms in total. The SMILES string of the molecule is CC.N=Cc1cc(C2CCC(OCCCCOCC3CCNC3)CC2)ccc1C1CCC(OCCCCOCC2CCC3OC3C2)CC1. The summed E-state index contributed by atoms with van der Waals surface area (Å²) in [5.41, 5.74) is 3.92. The molecule has 2 N–H and O–H groups in total. The lowest BCUT2D eigenvalue weighted by molar-refractivity contribution is 0.0174. The van der Waals surface area contributed by atoms with Crippen LogP contribution in [0.4, 0.5) is 0 Å². The van der Waals surface area contributed by atoms with E-state index < -0.39 is 0 Å². The first kappa shape index (κ1) is 37.9. The molecular formula is C41H68N2O5. The van der Waals surface area contributed by atoms with E-state index in [1.807, 2.05) is 13.8 Å². The second-order valence-electron chi connectivity index (χ2n) is 15.0. The number of epoxide rings is 1. The van der Waals surface area contributed by atoms with Crippen molar-refractivity contribution >= 4 is 6.21 Å². The summed E-state index contributed by atoms with van der Waals surface area (Å²) in [6, 6.07) is 7.04. The topological polar surface area (TPSA) is 85.3 Å². The van der Waals surface area contributed by atoms with Crippen LogP contribution in [0.2, 0.25) is 0 Å². The minimum absolute atomic E-state index is 0.388. The Morgan fingerprint density at radius 3 is 1.94 bits per heavy atom. The lowest BCUT2D eigenvalue weighted by atomic mass is 9.78. The van der Waals surface area contributed by atoms with Gasteiger partial charge in [0.2, 0.25) is 0 Å². The zero-order valence-electron chi connectivity index (χ0n) is 30.4. The molecule has 0 bridgehead atoms. The average molecular weight is 669 g/mol. The molecule has 0 amide bonds. The first-order valence-electron chi connectivity index (χ1n) is 20.1. The van der Waals surface area contributed by atoms with Gasteiger partial charge in [0.25, 0.3) is 0 Å². The molecule has 2 aliphatic heterocycles. The van der Waals surface area contributed by atoms with Crippen LogP contribution >= 0.6 is 0 Å². The van der Waals surface area contributed by atoms with Crippen LogP contribution in [0.5, 0.6) is 0 Å². The van der Waals surface area contributed by atoms with Crippen LogP contribution in [-0.2, 0) is 23.7 Å². The van der Waals surface area contributed by atoms with Crippen LogP contribution in [0.25, 0.3) is 0 Å². The standard InChI is InChI=1S/C39H62N2O5.C2H6/c40-25-34-24-33(31-6-11-35(12-7-31)44-21-4-2-20-43-28-30-17-18-41-26-30)10-15-37(34)32-8-13-36(14-9-32)45-22-3-1-19-42-27-29-5-16-38-39(23-29)46-38;1-2/h10,15,24-25,29-32,35-36,38-41H,1-9,11-14,16-23,26-28H2;1-2H3. The predicted molar refractivity (Wildman–Crippen MR) is 195 cm³/mol.